The summed E-state index contributed by atoms with van der Waals surface area (Å²) < 4.78 is 5.44. The van der Waals surface area contributed by atoms with Gasteiger partial charge < -0.3 is 15.4 Å². The lowest BCUT2D eigenvalue weighted by atomic mass is 9.53. The molecule has 0 aliphatic heterocycles. The molecule has 4 aliphatic rings. The third-order valence-corrected chi connectivity index (χ3v) is 7.08. The molecule has 31 heavy (non-hydrogen) atoms. The van der Waals surface area contributed by atoms with E-state index < -0.39 is 0 Å². The summed E-state index contributed by atoms with van der Waals surface area (Å²) in [6.07, 6.45) is 13.2. The lowest BCUT2D eigenvalue weighted by Crippen LogP contribution is -2.54. The molecule has 1 amide bonds. The molecule has 1 aromatic carbocycles. The Morgan fingerprint density at radius 2 is 1.74 bits per heavy atom. The first-order valence-electron chi connectivity index (χ1n) is 11.6. The summed E-state index contributed by atoms with van der Waals surface area (Å²) in [4.78, 5) is 16.9. The number of ether oxygens (including phenoxy) is 1. The molecule has 6 rings (SSSR count). The Hall–Kier alpha value is -2.82. The highest BCUT2D eigenvalue weighted by Gasteiger charge is 2.51. The molecule has 1 aromatic heterocycles. The number of pyridine rings is 1. The van der Waals surface area contributed by atoms with Gasteiger partial charge in [0.1, 0.15) is 11.6 Å². The second kappa shape index (κ2) is 8.37. The quantitative estimate of drug-likeness (QED) is 0.583. The van der Waals surface area contributed by atoms with Crippen LogP contribution in [0, 0.1) is 17.8 Å². The highest BCUT2D eigenvalue weighted by molar-refractivity contribution is 6.01. The predicted molar refractivity (Wildman–Crippen MR) is 124 cm³/mol. The maximum Gasteiger partial charge on any atom is 0.248 e. The number of nitrogens with one attached hydrogen (secondary N) is 2. The molecular formula is C26H31N3O2. The summed E-state index contributed by atoms with van der Waals surface area (Å²) in [5.41, 5.74) is 1.90. The minimum atomic E-state index is -0.169. The van der Waals surface area contributed by atoms with Gasteiger partial charge in [-0.2, -0.15) is 0 Å². The first-order chi connectivity index (χ1) is 15.1. The fraction of sp³-hybridized carbons (Fsp3) is 0.462. The van der Waals surface area contributed by atoms with Crippen molar-refractivity contribution in [2.45, 2.75) is 51.0 Å². The van der Waals surface area contributed by atoms with Gasteiger partial charge in [0.2, 0.25) is 5.91 Å². The molecule has 0 spiro atoms. The molecule has 4 bridgehead atoms. The second-order valence-electron chi connectivity index (χ2n) is 9.58. The number of aromatic nitrogens is 1. The highest BCUT2D eigenvalue weighted by Crippen LogP contribution is 2.56. The fourth-order valence-corrected chi connectivity index (χ4v) is 6.27. The van der Waals surface area contributed by atoms with Crippen molar-refractivity contribution in [2.75, 3.05) is 17.2 Å². The first-order valence-corrected chi connectivity index (χ1v) is 11.6. The average Bonchev–Trinajstić information content (AvgIpc) is 2.74. The minimum Gasteiger partial charge on any atom is -0.494 e. The molecule has 162 valence electrons. The Kier molecular flexibility index (Phi) is 5.43. The Labute approximate surface area is 184 Å². The van der Waals surface area contributed by atoms with Crippen LogP contribution in [0.3, 0.4) is 0 Å². The van der Waals surface area contributed by atoms with E-state index >= 15 is 0 Å². The summed E-state index contributed by atoms with van der Waals surface area (Å²) in [7, 11) is 0. The van der Waals surface area contributed by atoms with E-state index in [1.54, 1.807) is 12.3 Å². The van der Waals surface area contributed by atoms with Gasteiger partial charge in [-0.15, -0.1) is 0 Å². The third kappa shape index (κ3) is 4.60. The van der Waals surface area contributed by atoms with Gasteiger partial charge in [0.15, 0.2) is 0 Å². The maximum atomic E-state index is 12.3. The van der Waals surface area contributed by atoms with Crippen LogP contribution < -0.4 is 15.4 Å². The molecular weight excluding hydrogens is 386 g/mol. The van der Waals surface area contributed by atoms with Gasteiger partial charge in [-0.3, -0.25) is 4.79 Å². The Balaban J connectivity index is 1.16. The van der Waals surface area contributed by atoms with Crippen LogP contribution in [-0.4, -0.2) is 23.0 Å². The van der Waals surface area contributed by atoms with Crippen molar-refractivity contribution in [1.82, 2.24) is 4.98 Å². The summed E-state index contributed by atoms with van der Waals surface area (Å²) in [5.74, 6) is 4.29. The largest absolute Gasteiger partial charge is 0.494 e. The number of carbonyl (C=O) groups is 1. The third-order valence-electron chi connectivity index (χ3n) is 7.08. The monoisotopic (exact) mass is 417 g/mol. The van der Waals surface area contributed by atoms with E-state index in [-0.39, 0.29) is 11.4 Å². The standard InChI is InChI=1S/C26H31N3O2/c1-2-31-23-7-3-18(4-8-23)5-10-25(30)28-22-6-9-24(27-17-22)29-26-14-19-11-20(15-26)13-21(12-19)16-26/h3-10,17,19-21H,2,11-16H2,1H3,(H,27,29)(H,28,30)/b10-5+. The molecule has 2 aromatic rings. The van der Waals surface area contributed by atoms with Crippen LogP contribution >= 0.6 is 0 Å². The summed E-state index contributed by atoms with van der Waals surface area (Å²) in [6.45, 7) is 2.60. The number of amides is 1. The normalized spacial score (nSPS) is 28.6. The summed E-state index contributed by atoms with van der Waals surface area (Å²) in [6, 6.07) is 11.6. The molecule has 1 heterocycles. The molecule has 4 saturated carbocycles. The summed E-state index contributed by atoms with van der Waals surface area (Å²) in [5, 5.41) is 6.67. The molecule has 4 fully saturated rings. The zero-order chi connectivity index (χ0) is 21.3. The number of nitrogens with zero attached hydrogens (tertiary/aromatic N) is 1. The molecule has 0 saturated heterocycles. The Bertz CT molecular complexity index is 914. The summed E-state index contributed by atoms with van der Waals surface area (Å²) >= 11 is 0. The first kappa shape index (κ1) is 20.1. The average molecular weight is 418 g/mol. The van der Waals surface area contributed by atoms with Gasteiger partial charge in [0, 0.05) is 11.6 Å². The topological polar surface area (TPSA) is 63.2 Å². The second-order valence-corrected chi connectivity index (χ2v) is 9.58. The zero-order valence-electron chi connectivity index (χ0n) is 18.1. The van der Waals surface area contributed by atoms with Crippen LogP contribution in [0.15, 0.2) is 48.7 Å². The van der Waals surface area contributed by atoms with Crippen molar-refractivity contribution in [3.8, 4) is 5.75 Å². The van der Waals surface area contributed by atoms with Crippen molar-refractivity contribution in [1.29, 1.82) is 0 Å². The van der Waals surface area contributed by atoms with E-state index in [2.05, 4.69) is 15.6 Å². The van der Waals surface area contributed by atoms with E-state index in [1.807, 2.05) is 43.3 Å². The van der Waals surface area contributed by atoms with Gasteiger partial charge in [-0.05, 0) is 99.1 Å². The van der Waals surface area contributed by atoms with Gasteiger partial charge in [0.25, 0.3) is 0 Å². The molecule has 5 nitrogen and oxygen atoms in total. The van der Waals surface area contributed by atoms with Crippen molar-refractivity contribution in [2.24, 2.45) is 17.8 Å². The van der Waals surface area contributed by atoms with Gasteiger partial charge in [-0.25, -0.2) is 4.98 Å². The number of hydrogen-bond acceptors (Lipinski definition) is 4. The van der Waals surface area contributed by atoms with E-state index in [4.69, 9.17) is 4.74 Å². The Morgan fingerprint density at radius 3 is 2.32 bits per heavy atom. The number of benzene rings is 1. The number of carbonyl (C=O) groups excluding carboxylic acids is 1. The lowest BCUT2D eigenvalue weighted by Gasteiger charge is -2.57. The smallest absolute Gasteiger partial charge is 0.248 e. The minimum absolute atomic E-state index is 0.169. The van der Waals surface area contributed by atoms with E-state index in [0.717, 1.165) is 34.9 Å². The van der Waals surface area contributed by atoms with E-state index in [0.29, 0.717) is 12.3 Å². The van der Waals surface area contributed by atoms with Crippen LogP contribution in [0.1, 0.15) is 51.0 Å². The zero-order valence-corrected chi connectivity index (χ0v) is 18.1. The molecule has 2 N–H and O–H groups in total. The maximum absolute atomic E-state index is 12.3. The molecule has 5 heteroatoms. The Morgan fingerprint density at radius 1 is 1.06 bits per heavy atom. The van der Waals surface area contributed by atoms with Crippen molar-refractivity contribution in [3.63, 3.8) is 0 Å². The van der Waals surface area contributed by atoms with E-state index in [1.165, 1.54) is 44.6 Å². The van der Waals surface area contributed by atoms with Crippen molar-refractivity contribution >= 4 is 23.5 Å². The molecule has 4 aliphatic carbocycles. The van der Waals surface area contributed by atoms with Crippen LogP contribution in [-0.2, 0) is 4.79 Å². The van der Waals surface area contributed by atoms with Crippen molar-refractivity contribution in [3.05, 3.63) is 54.2 Å². The van der Waals surface area contributed by atoms with E-state index in [9.17, 15) is 4.79 Å². The van der Waals surface area contributed by atoms with Gasteiger partial charge >= 0.3 is 0 Å². The van der Waals surface area contributed by atoms with Gasteiger partial charge in [0.05, 0.1) is 18.5 Å². The molecule has 0 radical (unpaired) electrons. The van der Waals surface area contributed by atoms with Crippen LogP contribution in [0.4, 0.5) is 11.5 Å². The van der Waals surface area contributed by atoms with Crippen LogP contribution in [0.2, 0.25) is 0 Å². The van der Waals surface area contributed by atoms with Gasteiger partial charge in [-0.1, -0.05) is 12.1 Å². The van der Waals surface area contributed by atoms with Crippen LogP contribution in [0.5, 0.6) is 5.75 Å². The van der Waals surface area contributed by atoms with Crippen LogP contribution in [0.25, 0.3) is 6.08 Å². The van der Waals surface area contributed by atoms with Crippen molar-refractivity contribution < 1.29 is 9.53 Å². The molecule has 0 atom stereocenters. The molecule has 0 unspecified atom stereocenters. The lowest BCUT2D eigenvalue weighted by molar-refractivity contribution is -0.111. The predicted octanol–water partition coefficient (Wildman–Crippen LogP) is 5.51. The highest BCUT2D eigenvalue weighted by atomic mass is 16.5. The number of hydrogen-bond donors (Lipinski definition) is 2. The number of rotatable bonds is 7. The number of anilines is 2. The fourth-order valence-electron chi connectivity index (χ4n) is 6.27. The SMILES string of the molecule is CCOc1ccc(/C=C/C(=O)Nc2ccc(NC34CC5CC(CC(C5)C3)C4)nc2)cc1.